The monoisotopic (exact) mass is 263 g/mol. The summed E-state index contributed by atoms with van der Waals surface area (Å²) in [6.45, 7) is 0.886. The molecule has 0 saturated heterocycles. The third-order valence-corrected chi connectivity index (χ3v) is 3.12. The molecule has 0 aromatic heterocycles. The molecule has 0 bridgehead atoms. The van der Waals surface area contributed by atoms with Crippen molar-refractivity contribution in [3.8, 4) is 0 Å². The SMILES string of the molecule is O=C(O)CCCOC(=O)C1NCCc2ccccc21. The normalized spacial score (nSPS) is 17.6. The summed E-state index contributed by atoms with van der Waals surface area (Å²) in [5, 5.41) is 11.6. The molecular weight excluding hydrogens is 246 g/mol. The highest BCUT2D eigenvalue weighted by molar-refractivity contribution is 5.78. The van der Waals surface area contributed by atoms with Gasteiger partial charge in [-0.2, -0.15) is 0 Å². The summed E-state index contributed by atoms with van der Waals surface area (Å²) in [6.07, 6.45) is 1.26. The first kappa shape index (κ1) is 13.5. The van der Waals surface area contributed by atoms with Crippen LogP contribution >= 0.6 is 0 Å². The Labute approximate surface area is 111 Å². The van der Waals surface area contributed by atoms with Gasteiger partial charge >= 0.3 is 11.9 Å². The minimum Gasteiger partial charge on any atom is -0.481 e. The Hall–Kier alpha value is -1.88. The highest BCUT2D eigenvalue weighted by Gasteiger charge is 2.26. The van der Waals surface area contributed by atoms with Crippen LogP contribution in [0.25, 0.3) is 0 Å². The van der Waals surface area contributed by atoms with Gasteiger partial charge in [0.2, 0.25) is 0 Å². The molecule has 0 amide bonds. The van der Waals surface area contributed by atoms with Gasteiger partial charge in [0.1, 0.15) is 6.04 Å². The van der Waals surface area contributed by atoms with Crippen LogP contribution in [0.5, 0.6) is 0 Å². The van der Waals surface area contributed by atoms with Crippen LogP contribution in [0.4, 0.5) is 0 Å². The molecule has 1 atom stereocenters. The first-order valence-corrected chi connectivity index (χ1v) is 6.38. The van der Waals surface area contributed by atoms with Crippen LogP contribution in [0.2, 0.25) is 0 Å². The van der Waals surface area contributed by atoms with Gasteiger partial charge in [-0.1, -0.05) is 24.3 Å². The van der Waals surface area contributed by atoms with E-state index in [1.807, 2.05) is 24.3 Å². The lowest BCUT2D eigenvalue weighted by molar-refractivity contribution is -0.148. The van der Waals surface area contributed by atoms with E-state index in [4.69, 9.17) is 9.84 Å². The van der Waals surface area contributed by atoms with Crippen LogP contribution in [-0.2, 0) is 20.7 Å². The molecule has 0 fully saturated rings. The maximum Gasteiger partial charge on any atom is 0.327 e. The van der Waals surface area contributed by atoms with E-state index in [9.17, 15) is 9.59 Å². The van der Waals surface area contributed by atoms with Gasteiger partial charge in [-0.3, -0.25) is 4.79 Å². The Kier molecular flexibility index (Phi) is 4.52. The predicted molar refractivity (Wildman–Crippen MR) is 68.7 cm³/mol. The molecule has 0 aliphatic carbocycles. The van der Waals surface area contributed by atoms with E-state index >= 15 is 0 Å². The molecule has 19 heavy (non-hydrogen) atoms. The minimum absolute atomic E-state index is 0.0158. The number of carboxylic acid groups (broad SMARTS) is 1. The number of ether oxygens (including phenoxy) is 1. The van der Waals surface area contributed by atoms with Crippen molar-refractivity contribution in [1.29, 1.82) is 0 Å². The number of hydrogen-bond donors (Lipinski definition) is 2. The van der Waals surface area contributed by atoms with Crippen molar-refractivity contribution in [2.24, 2.45) is 0 Å². The number of carboxylic acids is 1. The fourth-order valence-electron chi connectivity index (χ4n) is 2.19. The van der Waals surface area contributed by atoms with Gasteiger partial charge in [-0.25, -0.2) is 4.79 Å². The largest absolute Gasteiger partial charge is 0.481 e. The van der Waals surface area contributed by atoms with Crippen molar-refractivity contribution >= 4 is 11.9 Å². The summed E-state index contributed by atoms with van der Waals surface area (Å²) in [4.78, 5) is 22.3. The summed E-state index contributed by atoms with van der Waals surface area (Å²) in [6, 6.07) is 7.36. The van der Waals surface area contributed by atoms with Crippen molar-refractivity contribution in [3.05, 3.63) is 35.4 Å². The molecule has 1 aliphatic heterocycles. The van der Waals surface area contributed by atoms with Crippen LogP contribution in [0.3, 0.4) is 0 Å². The fourth-order valence-corrected chi connectivity index (χ4v) is 2.19. The fraction of sp³-hybridized carbons (Fsp3) is 0.429. The van der Waals surface area contributed by atoms with Gasteiger partial charge < -0.3 is 15.2 Å². The minimum atomic E-state index is -0.878. The molecule has 0 radical (unpaired) electrons. The summed E-state index contributed by atoms with van der Waals surface area (Å²) >= 11 is 0. The maximum atomic E-state index is 12.0. The molecule has 2 N–H and O–H groups in total. The zero-order chi connectivity index (χ0) is 13.7. The summed E-state index contributed by atoms with van der Waals surface area (Å²) in [5.74, 6) is -1.21. The lowest BCUT2D eigenvalue weighted by atomic mass is 9.94. The first-order chi connectivity index (χ1) is 9.18. The molecule has 1 unspecified atom stereocenters. The molecule has 5 nitrogen and oxygen atoms in total. The molecule has 1 aliphatic rings. The standard InChI is InChI=1S/C14H17NO4/c16-12(17)6-3-9-19-14(18)13-11-5-2-1-4-10(11)7-8-15-13/h1-2,4-5,13,15H,3,6-9H2,(H,16,17). The number of aliphatic carboxylic acids is 1. The predicted octanol–water partition coefficient (Wildman–Crippen LogP) is 1.28. The second-order valence-electron chi connectivity index (χ2n) is 4.50. The average molecular weight is 263 g/mol. The molecule has 1 aromatic carbocycles. The highest BCUT2D eigenvalue weighted by atomic mass is 16.5. The third-order valence-electron chi connectivity index (χ3n) is 3.12. The highest BCUT2D eigenvalue weighted by Crippen LogP contribution is 2.23. The maximum absolute atomic E-state index is 12.0. The van der Waals surface area contributed by atoms with Gasteiger partial charge in [-0.15, -0.1) is 0 Å². The van der Waals surface area contributed by atoms with Crippen molar-refractivity contribution < 1.29 is 19.4 Å². The van der Waals surface area contributed by atoms with Crippen molar-refractivity contribution in [2.75, 3.05) is 13.2 Å². The number of carbonyl (C=O) groups excluding carboxylic acids is 1. The summed E-state index contributed by atoms with van der Waals surface area (Å²) in [5.41, 5.74) is 2.12. The molecule has 0 saturated carbocycles. The number of carbonyl (C=O) groups is 2. The Balaban J connectivity index is 1.92. The number of hydrogen-bond acceptors (Lipinski definition) is 4. The number of fused-ring (bicyclic) bond motifs is 1. The van der Waals surface area contributed by atoms with E-state index in [0.717, 1.165) is 24.1 Å². The average Bonchev–Trinajstić information content (AvgIpc) is 2.42. The summed E-state index contributed by atoms with van der Waals surface area (Å²) in [7, 11) is 0. The topological polar surface area (TPSA) is 75.6 Å². The molecular formula is C14H17NO4. The van der Waals surface area contributed by atoms with Crippen LogP contribution < -0.4 is 5.32 Å². The number of benzene rings is 1. The first-order valence-electron chi connectivity index (χ1n) is 6.38. The molecule has 102 valence electrons. The zero-order valence-corrected chi connectivity index (χ0v) is 10.6. The zero-order valence-electron chi connectivity index (χ0n) is 10.6. The number of esters is 1. The Morgan fingerprint density at radius 1 is 1.37 bits per heavy atom. The molecule has 0 spiro atoms. The molecule has 2 rings (SSSR count). The van der Waals surface area contributed by atoms with Gasteiger partial charge in [-0.05, 0) is 24.0 Å². The van der Waals surface area contributed by atoms with Crippen LogP contribution in [-0.4, -0.2) is 30.2 Å². The van der Waals surface area contributed by atoms with E-state index in [1.54, 1.807) is 0 Å². The van der Waals surface area contributed by atoms with E-state index in [-0.39, 0.29) is 19.0 Å². The quantitative estimate of drug-likeness (QED) is 0.618. The van der Waals surface area contributed by atoms with E-state index < -0.39 is 12.0 Å². The molecule has 1 aromatic rings. The van der Waals surface area contributed by atoms with Crippen LogP contribution in [0.15, 0.2) is 24.3 Å². The van der Waals surface area contributed by atoms with Gasteiger partial charge in [0.25, 0.3) is 0 Å². The van der Waals surface area contributed by atoms with Gasteiger partial charge in [0, 0.05) is 13.0 Å². The van der Waals surface area contributed by atoms with Gasteiger partial charge in [0.15, 0.2) is 0 Å². The lowest BCUT2D eigenvalue weighted by Crippen LogP contribution is -2.36. The van der Waals surface area contributed by atoms with Crippen molar-refractivity contribution in [1.82, 2.24) is 5.32 Å². The van der Waals surface area contributed by atoms with Crippen molar-refractivity contribution in [2.45, 2.75) is 25.3 Å². The molecule has 5 heteroatoms. The Bertz CT molecular complexity index is 472. The molecule has 1 heterocycles. The second kappa shape index (κ2) is 6.33. The van der Waals surface area contributed by atoms with Crippen LogP contribution in [0, 0.1) is 0 Å². The number of rotatable bonds is 5. The van der Waals surface area contributed by atoms with E-state index in [1.165, 1.54) is 0 Å². The van der Waals surface area contributed by atoms with Gasteiger partial charge in [0.05, 0.1) is 6.61 Å². The van der Waals surface area contributed by atoms with E-state index in [2.05, 4.69) is 5.32 Å². The smallest absolute Gasteiger partial charge is 0.327 e. The third kappa shape index (κ3) is 3.54. The second-order valence-corrected chi connectivity index (χ2v) is 4.50. The lowest BCUT2D eigenvalue weighted by Gasteiger charge is -2.25. The van der Waals surface area contributed by atoms with Crippen LogP contribution in [0.1, 0.15) is 30.0 Å². The van der Waals surface area contributed by atoms with Crippen molar-refractivity contribution in [3.63, 3.8) is 0 Å². The van der Waals surface area contributed by atoms with E-state index in [0.29, 0.717) is 6.42 Å². The summed E-state index contributed by atoms with van der Waals surface area (Å²) < 4.78 is 5.12. The number of nitrogens with one attached hydrogen (secondary N) is 1. The Morgan fingerprint density at radius 3 is 2.95 bits per heavy atom. The Morgan fingerprint density at radius 2 is 2.16 bits per heavy atom.